The number of anilines is 1. The molecule has 0 aromatic heterocycles. The molecule has 1 N–H and O–H groups in total. The molecule has 1 aliphatic rings. The van der Waals surface area contributed by atoms with E-state index in [1.807, 2.05) is 62.4 Å². The van der Waals surface area contributed by atoms with Gasteiger partial charge >= 0.3 is 0 Å². The molecular formula is C28H29ClN2O3S. The van der Waals surface area contributed by atoms with Gasteiger partial charge in [-0.1, -0.05) is 74.0 Å². The number of hydrogen-bond donors (Lipinski definition) is 1. The molecule has 2 unspecified atom stereocenters. The fourth-order valence-corrected chi connectivity index (χ4v) is 5.17. The van der Waals surface area contributed by atoms with Crippen molar-refractivity contribution in [1.29, 1.82) is 0 Å². The van der Waals surface area contributed by atoms with E-state index in [9.17, 15) is 9.59 Å². The van der Waals surface area contributed by atoms with E-state index in [2.05, 4.69) is 17.4 Å². The Labute approximate surface area is 215 Å². The van der Waals surface area contributed by atoms with Crippen LogP contribution in [0.2, 0.25) is 5.02 Å². The van der Waals surface area contributed by atoms with Crippen molar-refractivity contribution in [3.8, 4) is 5.75 Å². The van der Waals surface area contributed by atoms with Crippen LogP contribution in [0.15, 0.2) is 78.9 Å². The summed E-state index contributed by atoms with van der Waals surface area (Å²) in [5.41, 5.74) is 2.48. The Kier molecular flexibility index (Phi) is 8.37. The summed E-state index contributed by atoms with van der Waals surface area (Å²) in [5.74, 6) is 1.46. The maximum absolute atomic E-state index is 13.8. The molecule has 1 heterocycles. The first-order valence-electron chi connectivity index (χ1n) is 11.7. The summed E-state index contributed by atoms with van der Waals surface area (Å²) in [4.78, 5) is 29.1. The first kappa shape index (κ1) is 25.1. The minimum absolute atomic E-state index is 0.0681. The number of carbonyl (C=O) groups is 2. The smallest absolute Gasteiger partial charge is 0.264 e. The van der Waals surface area contributed by atoms with Crippen molar-refractivity contribution in [3.05, 3.63) is 95.0 Å². The monoisotopic (exact) mass is 508 g/mol. The van der Waals surface area contributed by atoms with Gasteiger partial charge in [0.25, 0.3) is 11.8 Å². The van der Waals surface area contributed by atoms with E-state index in [1.165, 1.54) is 5.56 Å². The Hall–Kier alpha value is -2.96. The van der Waals surface area contributed by atoms with Gasteiger partial charge in [-0.15, -0.1) is 0 Å². The fraction of sp³-hybridized carbons (Fsp3) is 0.286. The standard InChI is InChI=1S/C28H29ClN2O3S/c1-19(2)26-28(33)31(15-16-35-18-20-9-5-3-6-10-20)25(23-17-21(29)13-14-24(23)34-26)27(32)30-22-11-7-4-8-12-22/h3-14,17,19,25-26H,15-16,18H2,1-2H3,(H,30,32). The van der Waals surface area contributed by atoms with Crippen molar-refractivity contribution in [3.63, 3.8) is 0 Å². The second kappa shape index (κ2) is 11.6. The SMILES string of the molecule is CC(C)C1Oc2ccc(Cl)cc2C(C(=O)Nc2ccccc2)N(CCSCc2ccccc2)C1=O. The fourth-order valence-electron chi connectivity index (χ4n) is 4.09. The van der Waals surface area contributed by atoms with E-state index >= 15 is 0 Å². The lowest BCUT2D eigenvalue weighted by atomic mass is 10.0. The van der Waals surface area contributed by atoms with E-state index in [4.69, 9.17) is 16.3 Å². The summed E-state index contributed by atoms with van der Waals surface area (Å²) in [7, 11) is 0. The van der Waals surface area contributed by atoms with Gasteiger partial charge in [-0.3, -0.25) is 9.59 Å². The molecule has 1 aliphatic heterocycles. The van der Waals surface area contributed by atoms with Gasteiger partial charge in [0.05, 0.1) is 0 Å². The first-order chi connectivity index (χ1) is 16.9. The number of nitrogens with zero attached hydrogens (tertiary/aromatic N) is 1. The van der Waals surface area contributed by atoms with Gasteiger partial charge in [0.2, 0.25) is 0 Å². The normalized spacial score (nSPS) is 17.5. The third-order valence-corrected chi connectivity index (χ3v) is 7.09. The summed E-state index contributed by atoms with van der Waals surface area (Å²) in [6.45, 7) is 4.30. The molecule has 5 nitrogen and oxygen atoms in total. The quantitative estimate of drug-likeness (QED) is 0.368. The van der Waals surface area contributed by atoms with Crippen LogP contribution >= 0.6 is 23.4 Å². The second-order valence-electron chi connectivity index (χ2n) is 8.79. The molecule has 0 fully saturated rings. The summed E-state index contributed by atoms with van der Waals surface area (Å²) >= 11 is 8.07. The number of carbonyl (C=O) groups excluding carboxylic acids is 2. The molecular weight excluding hydrogens is 480 g/mol. The largest absolute Gasteiger partial charge is 0.480 e. The van der Waals surface area contributed by atoms with E-state index in [0.29, 0.717) is 34.3 Å². The zero-order valence-electron chi connectivity index (χ0n) is 19.8. The third kappa shape index (κ3) is 6.19. The first-order valence-corrected chi connectivity index (χ1v) is 13.2. The van der Waals surface area contributed by atoms with E-state index in [0.717, 1.165) is 5.75 Å². The highest BCUT2D eigenvalue weighted by atomic mass is 35.5. The third-order valence-electron chi connectivity index (χ3n) is 5.84. The molecule has 3 aromatic carbocycles. The van der Waals surface area contributed by atoms with Crippen molar-refractivity contribution in [2.24, 2.45) is 5.92 Å². The Morgan fingerprint density at radius 1 is 1.06 bits per heavy atom. The molecule has 0 saturated heterocycles. The maximum Gasteiger partial charge on any atom is 0.264 e. The van der Waals surface area contributed by atoms with E-state index in [1.54, 1.807) is 34.9 Å². The molecule has 2 atom stereocenters. The van der Waals surface area contributed by atoms with Crippen LogP contribution in [0.5, 0.6) is 5.75 Å². The van der Waals surface area contributed by atoms with Gasteiger partial charge in [-0.25, -0.2) is 0 Å². The average Bonchev–Trinajstić information content (AvgIpc) is 2.97. The van der Waals surface area contributed by atoms with Gasteiger partial charge in [0.1, 0.15) is 11.8 Å². The van der Waals surface area contributed by atoms with Crippen LogP contribution in [0.3, 0.4) is 0 Å². The zero-order chi connectivity index (χ0) is 24.8. The summed E-state index contributed by atoms with van der Waals surface area (Å²) in [6.07, 6.45) is -0.691. The van der Waals surface area contributed by atoms with Gasteiger partial charge in [-0.2, -0.15) is 11.8 Å². The molecule has 3 aromatic rings. The Morgan fingerprint density at radius 3 is 2.43 bits per heavy atom. The number of benzene rings is 3. The van der Waals surface area contributed by atoms with Gasteiger partial charge in [-0.05, 0) is 41.8 Å². The number of fused-ring (bicyclic) bond motifs is 1. The number of halogens is 1. The maximum atomic E-state index is 13.8. The zero-order valence-corrected chi connectivity index (χ0v) is 21.4. The van der Waals surface area contributed by atoms with Gasteiger partial charge in [0.15, 0.2) is 6.10 Å². The number of rotatable bonds is 8. The predicted octanol–water partition coefficient (Wildman–Crippen LogP) is 6.20. The Bertz CT molecular complexity index is 1160. The highest BCUT2D eigenvalue weighted by molar-refractivity contribution is 7.98. The number of hydrogen-bond acceptors (Lipinski definition) is 4. The molecule has 0 saturated carbocycles. The molecule has 182 valence electrons. The van der Waals surface area contributed by atoms with Crippen LogP contribution in [0.25, 0.3) is 0 Å². The summed E-state index contributed by atoms with van der Waals surface area (Å²) < 4.78 is 6.19. The van der Waals surface area contributed by atoms with Crippen molar-refractivity contribution >= 4 is 40.9 Å². The van der Waals surface area contributed by atoms with Crippen molar-refractivity contribution in [2.75, 3.05) is 17.6 Å². The number of thioether (sulfide) groups is 1. The molecule has 0 bridgehead atoms. The number of amides is 2. The van der Waals surface area contributed by atoms with Crippen LogP contribution in [0.4, 0.5) is 5.69 Å². The average molecular weight is 509 g/mol. The van der Waals surface area contributed by atoms with Crippen LogP contribution in [-0.2, 0) is 15.3 Å². The van der Waals surface area contributed by atoms with Gasteiger partial charge in [0, 0.05) is 34.3 Å². The highest BCUT2D eigenvalue weighted by Crippen LogP contribution is 2.38. The Balaban J connectivity index is 1.64. The van der Waals surface area contributed by atoms with Crippen LogP contribution in [-0.4, -0.2) is 35.1 Å². The minimum atomic E-state index is -0.863. The molecule has 2 amide bonds. The lowest BCUT2D eigenvalue weighted by molar-refractivity contribution is -0.145. The van der Waals surface area contributed by atoms with Crippen molar-refractivity contribution in [2.45, 2.75) is 31.7 Å². The number of ether oxygens (including phenoxy) is 1. The van der Waals surface area contributed by atoms with Crippen LogP contribution in [0.1, 0.15) is 31.0 Å². The van der Waals surface area contributed by atoms with Gasteiger partial charge < -0.3 is 15.0 Å². The minimum Gasteiger partial charge on any atom is -0.480 e. The van der Waals surface area contributed by atoms with Crippen molar-refractivity contribution < 1.29 is 14.3 Å². The molecule has 35 heavy (non-hydrogen) atoms. The number of para-hydroxylation sites is 1. The molecule has 0 radical (unpaired) electrons. The van der Waals surface area contributed by atoms with Crippen LogP contribution < -0.4 is 10.1 Å². The summed E-state index contributed by atoms with van der Waals surface area (Å²) in [5, 5.41) is 3.46. The molecule has 4 rings (SSSR count). The lowest BCUT2D eigenvalue weighted by Gasteiger charge is -2.31. The number of nitrogens with one attached hydrogen (secondary N) is 1. The molecule has 7 heteroatoms. The summed E-state index contributed by atoms with van der Waals surface area (Å²) in [6, 6.07) is 23.8. The lowest BCUT2D eigenvalue weighted by Crippen LogP contribution is -2.47. The second-order valence-corrected chi connectivity index (χ2v) is 10.3. The van der Waals surface area contributed by atoms with E-state index < -0.39 is 12.1 Å². The Morgan fingerprint density at radius 2 is 1.74 bits per heavy atom. The van der Waals surface area contributed by atoms with E-state index in [-0.39, 0.29) is 17.7 Å². The highest BCUT2D eigenvalue weighted by Gasteiger charge is 2.41. The topological polar surface area (TPSA) is 58.6 Å². The molecule has 0 aliphatic carbocycles. The van der Waals surface area contributed by atoms with Crippen molar-refractivity contribution in [1.82, 2.24) is 4.90 Å². The predicted molar refractivity (Wildman–Crippen MR) is 143 cm³/mol. The van der Waals surface area contributed by atoms with Crippen LogP contribution in [0, 0.1) is 5.92 Å². The molecule has 0 spiro atoms.